The largest absolute Gasteiger partial charge is 0.251 e. The first-order valence-corrected chi connectivity index (χ1v) is 2.81. The van der Waals surface area contributed by atoms with Gasteiger partial charge >= 0.3 is 0 Å². The van der Waals surface area contributed by atoms with Crippen molar-refractivity contribution in [2.24, 2.45) is 0 Å². The normalized spacial score (nSPS) is 9.00. The van der Waals surface area contributed by atoms with E-state index in [-0.39, 0.29) is 6.67 Å². The van der Waals surface area contributed by atoms with Gasteiger partial charge in [0, 0.05) is 5.33 Å². The number of halogens is 2. The Kier molecular flexibility index (Phi) is 5.78. The molecule has 0 atom stereocenters. The van der Waals surface area contributed by atoms with E-state index in [4.69, 9.17) is 0 Å². The monoisotopic (exact) mass is 153 g/mol. The van der Waals surface area contributed by atoms with Crippen LogP contribution in [-0.4, -0.2) is 6.67 Å². The van der Waals surface area contributed by atoms with E-state index in [1.54, 1.807) is 5.33 Å². The van der Waals surface area contributed by atoms with Crippen molar-refractivity contribution < 1.29 is 4.39 Å². The summed E-state index contributed by atoms with van der Waals surface area (Å²) in [6, 6.07) is 0. The highest BCUT2D eigenvalue weighted by atomic mass is 79.9. The lowest BCUT2D eigenvalue weighted by Gasteiger charge is -1.82. The van der Waals surface area contributed by atoms with E-state index in [0.29, 0.717) is 6.42 Å². The Hall–Kier alpha value is 0.410. The molecular formula is C4H7BrF. The van der Waals surface area contributed by atoms with Crippen molar-refractivity contribution in [3.8, 4) is 0 Å². The lowest BCUT2D eigenvalue weighted by Crippen LogP contribution is -1.71. The molecular weight excluding hydrogens is 147 g/mol. The Morgan fingerprint density at radius 2 is 2.33 bits per heavy atom. The van der Waals surface area contributed by atoms with Crippen LogP contribution in [0.2, 0.25) is 0 Å². The van der Waals surface area contributed by atoms with Crippen molar-refractivity contribution in [3.63, 3.8) is 0 Å². The van der Waals surface area contributed by atoms with Gasteiger partial charge in [-0.2, -0.15) is 0 Å². The van der Waals surface area contributed by atoms with Gasteiger partial charge in [0.1, 0.15) is 0 Å². The van der Waals surface area contributed by atoms with E-state index in [1.807, 2.05) is 0 Å². The molecule has 0 fully saturated rings. The van der Waals surface area contributed by atoms with Crippen LogP contribution in [0.5, 0.6) is 0 Å². The number of hydrogen-bond acceptors (Lipinski definition) is 0. The van der Waals surface area contributed by atoms with Gasteiger partial charge < -0.3 is 0 Å². The molecule has 0 saturated heterocycles. The van der Waals surface area contributed by atoms with E-state index >= 15 is 0 Å². The van der Waals surface area contributed by atoms with Gasteiger partial charge in [0.2, 0.25) is 0 Å². The number of unbranched alkanes of at least 4 members (excludes halogenated alkanes) is 1. The molecule has 0 bridgehead atoms. The zero-order valence-electron chi connectivity index (χ0n) is 3.45. The fourth-order valence-electron chi connectivity index (χ4n) is 0.154. The molecule has 0 aliphatic heterocycles. The SMILES string of the molecule is FCCC[CH]Br. The predicted octanol–water partition coefficient (Wildman–Crippen LogP) is 2.29. The molecule has 0 aliphatic carbocycles. The molecule has 0 N–H and O–H groups in total. The van der Waals surface area contributed by atoms with Crippen LogP contribution in [-0.2, 0) is 0 Å². The Balaban J connectivity index is 2.34. The number of rotatable bonds is 3. The number of alkyl halides is 1. The van der Waals surface area contributed by atoms with Crippen LogP contribution in [0.15, 0.2) is 0 Å². The van der Waals surface area contributed by atoms with Gasteiger partial charge in [-0.25, -0.2) is 0 Å². The molecule has 0 aromatic rings. The summed E-state index contributed by atoms with van der Waals surface area (Å²) in [7, 11) is 0. The highest BCUT2D eigenvalue weighted by Gasteiger charge is 1.79. The van der Waals surface area contributed by atoms with Crippen LogP contribution < -0.4 is 0 Å². The third-order valence-electron chi connectivity index (χ3n) is 0.447. The quantitative estimate of drug-likeness (QED) is 0.547. The minimum absolute atomic E-state index is 0.206. The average molecular weight is 154 g/mol. The van der Waals surface area contributed by atoms with Crippen molar-refractivity contribution in [1.29, 1.82) is 0 Å². The highest BCUT2D eigenvalue weighted by Crippen LogP contribution is 1.98. The molecule has 0 unspecified atom stereocenters. The third kappa shape index (κ3) is 4.41. The maximum Gasteiger partial charge on any atom is 0.0894 e. The van der Waals surface area contributed by atoms with Gasteiger partial charge in [-0.3, -0.25) is 4.39 Å². The Morgan fingerprint density at radius 3 is 2.50 bits per heavy atom. The van der Waals surface area contributed by atoms with Crippen LogP contribution >= 0.6 is 15.9 Å². The summed E-state index contributed by atoms with van der Waals surface area (Å²) in [6.45, 7) is -0.206. The minimum atomic E-state index is -0.206. The first kappa shape index (κ1) is 6.41. The van der Waals surface area contributed by atoms with E-state index in [9.17, 15) is 4.39 Å². The second kappa shape index (κ2) is 5.41. The fraction of sp³-hybridized carbons (Fsp3) is 0.750. The molecule has 6 heavy (non-hydrogen) atoms. The third-order valence-corrected chi connectivity index (χ3v) is 0.905. The maximum atomic E-state index is 11.1. The smallest absolute Gasteiger partial charge is 0.0894 e. The summed E-state index contributed by atoms with van der Waals surface area (Å²) < 4.78 is 11.1. The van der Waals surface area contributed by atoms with Gasteiger partial charge in [-0.15, -0.1) is 0 Å². The first-order valence-electron chi connectivity index (χ1n) is 1.89. The second-order valence-corrected chi connectivity index (χ2v) is 1.63. The van der Waals surface area contributed by atoms with Crippen LogP contribution in [0.4, 0.5) is 4.39 Å². The summed E-state index contributed by atoms with van der Waals surface area (Å²) in [6.07, 6.45) is 1.47. The molecule has 0 heterocycles. The van der Waals surface area contributed by atoms with Crippen molar-refractivity contribution in [3.05, 3.63) is 5.33 Å². The van der Waals surface area contributed by atoms with Crippen molar-refractivity contribution in [2.75, 3.05) is 6.67 Å². The van der Waals surface area contributed by atoms with E-state index < -0.39 is 0 Å². The van der Waals surface area contributed by atoms with E-state index in [2.05, 4.69) is 15.9 Å². The van der Waals surface area contributed by atoms with Crippen LogP contribution in [0, 0.1) is 5.33 Å². The van der Waals surface area contributed by atoms with Gasteiger partial charge in [-0.1, -0.05) is 15.9 Å². The van der Waals surface area contributed by atoms with Crippen LogP contribution in [0.1, 0.15) is 12.8 Å². The van der Waals surface area contributed by atoms with Gasteiger partial charge in [0.05, 0.1) is 6.67 Å². The summed E-state index contributed by atoms with van der Waals surface area (Å²) in [5.41, 5.74) is 0. The zero-order chi connectivity index (χ0) is 4.83. The molecule has 0 rings (SSSR count). The van der Waals surface area contributed by atoms with Gasteiger partial charge in [0.15, 0.2) is 0 Å². The van der Waals surface area contributed by atoms with E-state index in [0.717, 1.165) is 6.42 Å². The maximum absolute atomic E-state index is 11.1. The molecule has 0 spiro atoms. The molecule has 2 heteroatoms. The van der Waals surface area contributed by atoms with Crippen LogP contribution in [0.3, 0.4) is 0 Å². The minimum Gasteiger partial charge on any atom is -0.251 e. The second-order valence-electron chi connectivity index (χ2n) is 0.986. The summed E-state index contributed by atoms with van der Waals surface area (Å²) in [5, 5.41) is 1.78. The topological polar surface area (TPSA) is 0 Å². The molecule has 0 aromatic heterocycles. The molecule has 1 radical (unpaired) electrons. The van der Waals surface area contributed by atoms with Crippen molar-refractivity contribution in [1.82, 2.24) is 0 Å². The number of hydrogen-bond donors (Lipinski definition) is 0. The van der Waals surface area contributed by atoms with Crippen LogP contribution in [0.25, 0.3) is 0 Å². The lowest BCUT2D eigenvalue weighted by atomic mass is 10.4. The molecule has 0 aliphatic rings. The molecule has 37 valence electrons. The average Bonchev–Trinajstić information content (AvgIpc) is 1.61. The summed E-state index contributed by atoms with van der Waals surface area (Å²) in [4.78, 5) is 0. The molecule has 0 aromatic carbocycles. The van der Waals surface area contributed by atoms with Crippen molar-refractivity contribution in [2.45, 2.75) is 12.8 Å². The lowest BCUT2D eigenvalue weighted by molar-refractivity contribution is 0.474. The molecule has 0 amide bonds. The predicted molar refractivity (Wildman–Crippen MR) is 28.4 cm³/mol. The fourth-order valence-corrected chi connectivity index (χ4v) is 0.478. The summed E-state index contributed by atoms with van der Waals surface area (Å²) in [5.74, 6) is 0. The highest BCUT2D eigenvalue weighted by molar-refractivity contribution is 9.10. The standard InChI is InChI=1S/C4H7BrF/c5-3-1-2-4-6/h3H,1-2,4H2. The summed E-state index contributed by atoms with van der Waals surface area (Å²) >= 11 is 3.06. The molecule has 0 nitrogen and oxygen atoms in total. The Labute approximate surface area is 45.9 Å². The Bertz CT molecular complexity index is 19.5. The van der Waals surface area contributed by atoms with Crippen molar-refractivity contribution >= 4 is 15.9 Å². The Morgan fingerprint density at radius 1 is 1.67 bits per heavy atom. The first-order chi connectivity index (χ1) is 2.91. The molecule has 0 saturated carbocycles. The van der Waals surface area contributed by atoms with Gasteiger partial charge in [0.25, 0.3) is 0 Å². The van der Waals surface area contributed by atoms with Gasteiger partial charge in [-0.05, 0) is 12.8 Å². The van der Waals surface area contributed by atoms with E-state index in [1.165, 1.54) is 0 Å². The zero-order valence-corrected chi connectivity index (χ0v) is 5.04.